The molecule has 1 unspecified atom stereocenters. The van der Waals surface area contributed by atoms with Gasteiger partial charge in [-0.2, -0.15) is 0 Å². The van der Waals surface area contributed by atoms with Crippen LogP contribution in [-0.4, -0.2) is 28.7 Å². The fraction of sp³-hybridized carbons (Fsp3) is 0.500. The van der Waals surface area contributed by atoms with Gasteiger partial charge in [-0.1, -0.05) is 6.92 Å². The third-order valence-electron chi connectivity index (χ3n) is 5.49. The van der Waals surface area contributed by atoms with Gasteiger partial charge in [0.25, 0.3) is 0 Å². The van der Waals surface area contributed by atoms with Gasteiger partial charge >= 0.3 is 5.97 Å². The first kappa shape index (κ1) is 19.5. The maximum absolute atomic E-state index is 15.4. The van der Waals surface area contributed by atoms with Crippen molar-refractivity contribution in [1.29, 1.82) is 0 Å². The highest BCUT2D eigenvalue weighted by atomic mass is 19.1. The lowest BCUT2D eigenvalue weighted by Crippen LogP contribution is -2.21. The summed E-state index contributed by atoms with van der Waals surface area (Å²) in [7, 11) is 0. The maximum atomic E-state index is 15.4. The first-order chi connectivity index (χ1) is 12.9. The van der Waals surface area contributed by atoms with E-state index in [0.717, 1.165) is 31.8 Å². The summed E-state index contributed by atoms with van der Waals surface area (Å²) in [4.78, 5) is 23.7. The number of rotatable bonds is 6. The normalized spacial score (nSPS) is 19.7. The first-order valence-corrected chi connectivity index (χ1v) is 9.38. The van der Waals surface area contributed by atoms with Crippen molar-refractivity contribution in [2.24, 2.45) is 5.92 Å². The van der Waals surface area contributed by atoms with Gasteiger partial charge in [0.2, 0.25) is 5.43 Å². The van der Waals surface area contributed by atoms with Crippen molar-refractivity contribution < 1.29 is 18.7 Å². The Hall–Kier alpha value is -2.28. The number of carbonyl (C=O) groups is 1. The zero-order valence-electron chi connectivity index (χ0n) is 15.5. The highest BCUT2D eigenvalue weighted by Crippen LogP contribution is 2.41. The molecule has 1 saturated carbocycles. The van der Waals surface area contributed by atoms with E-state index in [2.05, 4.69) is 5.32 Å². The molecule has 2 N–H and O–H groups in total. The molecule has 0 bridgehead atoms. The van der Waals surface area contributed by atoms with Crippen molar-refractivity contribution in [3.05, 3.63) is 45.2 Å². The number of aromatic nitrogens is 1. The Labute approximate surface area is 156 Å². The van der Waals surface area contributed by atoms with E-state index < -0.39 is 28.6 Å². The van der Waals surface area contributed by atoms with E-state index >= 15 is 4.39 Å². The fourth-order valence-electron chi connectivity index (χ4n) is 4.15. The van der Waals surface area contributed by atoms with Gasteiger partial charge in [-0.15, -0.1) is 0 Å². The number of carboxylic acids is 1. The van der Waals surface area contributed by atoms with Gasteiger partial charge in [-0.05, 0) is 57.2 Å². The number of nitrogens with one attached hydrogen (secondary N) is 1. The summed E-state index contributed by atoms with van der Waals surface area (Å²) in [6, 6.07) is 1.01. The van der Waals surface area contributed by atoms with Crippen LogP contribution >= 0.6 is 0 Å². The van der Waals surface area contributed by atoms with E-state index in [1.807, 2.05) is 6.92 Å². The SMILES string of the molecule is CCNC[C@@H]1CCC(c2c(F)cc3c(=O)c(C(=O)O)cn(CC)c3c2F)C1. The standard InChI is InChI=1S/C20H24F2N2O3/c1-3-23-9-11-5-6-12(7-11)16-15(21)8-13-18(17(16)22)24(4-2)10-14(19(13)25)20(26)27/h8,10-12,23H,3-7,9H2,1-2H3,(H,26,27)/t11-,12?/m1/s1. The van der Waals surface area contributed by atoms with Crippen LogP contribution in [-0.2, 0) is 6.54 Å². The molecular weight excluding hydrogens is 354 g/mol. The van der Waals surface area contributed by atoms with E-state index in [1.54, 1.807) is 6.92 Å². The Kier molecular flexibility index (Phi) is 5.60. The summed E-state index contributed by atoms with van der Waals surface area (Å²) in [6.45, 7) is 5.69. The Morgan fingerprint density at radius 1 is 1.33 bits per heavy atom. The quantitative estimate of drug-likeness (QED) is 0.807. The number of aromatic carboxylic acids is 1. The van der Waals surface area contributed by atoms with E-state index in [9.17, 15) is 19.1 Å². The van der Waals surface area contributed by atoms with Gasteiger partial charge in [0.1, 0.15) is 11.4 Å². The number of hydrogen-bond acceptors (Lipinski definition) is 3. The molecule has 0 aliphatic heterocycles. The maximum Gasteiger partial charge on any atom is 0.341 e. The van der Waals surface area contributed by atoms with Crippen LogP contribution in [0.5, 0.6) is 0 Å². The summed E-state index contributed by atoms with van der Waals surface area (Å²) in [6.07, 6.45) is 3.42. The molecule has 5 nitrogen and oxygen atoms in total. The van der Waals surface area contributed by atoms with Crippen LogP contribution in [0.2, 0.25) is 0 Å². The van der Waals surface area contributed by atoms with Crippen molar-refractivity contribution in [2.75, 3.05) is 13.1 Å². The predicted molar refractivity (Wildman–Crippen MR) is 99.4 cm³/mol. The molecule has 1 aliphatic carbocycles. The molecule has 2 aromatic rings. The highest BCUT2D eigenvalue weighted by molar-refractivity contribution is 5.93. The molecule has 1 aromatic carbocycles. The number of fused-ring (bicyclic) bond motifs is 1. The predicted octanol–water partition coefficient (Wildman–Crippen LogP) is 3.49. The molecule has 2 atom stereocenters. The minimum atomic E-state index is -1.41. The number of halogens is 2. The second kappa shape index (κ2) is 7.76. The Balaban J connectivity index is 2.13. The molecule has 0 spiro atoms. The molecular formula is C20H24F2N2O3. The first-order valence-electron chi connectivity index (χ1n) is 9.38. The molecule has 146 valence electrons. The van der Waals surface area contributed by atoms with E-state index in [0.29, 0.717) is 18.8 Å². The van der Waals surface area contributed by atoms with Crippen molar-refractivity contribution >= 4 is 16.9 Å². The molecule has 0 saturated heterocycles. The number of pyridine rings is 1. The number of carboxylic acid groups (broad SMARTS) is 1. The second-order valence-electron chi connectivity index (χ2n) is 7.13. The van der Waals surface area contributed by atoms with Crippen LogP contribution in [0.25, 0.3) is 10.9 Å². The minimum absolute atomic E-state index is 0.0148. The van der Waals surface area contributed by atoms with Crippen LogP contribution in [0.1, 0.15) is 54.9 Å². The fourth-order valence-corrected chi connectivity index (χ4v) is 4.15. The Morgan fingerprint density at radius 3 is 2.70 bits per heavy atom. The van der Waals surface area contributed by atoms with Crippen LogP contribution in [0.3, 0.4) is 0 Å². The van der Waals surface area contributed by atoms with Crippen molar-refractivity contribution in [3.8, 4) is 0 Å². The van der Waals surface area contributed by atoms with E-state index in [-0.39, 0.29) is 28.9 Å². The van der Waals surface area contributed by atoms with Gasteiger partial charge in [-0.3, -0.25) is 4.79 Å². The lowest BCUT2D eigenvalue weighted by Gasteiger charge is -2.18. The summed E-state index contributed by atoms with van der Waals surface area (Å²) >= 11 is 0. The molecule has 1 fully saturated rings. The second-order valence-corrected chi connectivity index (χ2v) is 7.13. The molecule has 1 aliphatic rings. The van der Waals surface area contributed by atoms with Crippen LogP contribution in [0.4, 0.5) is 8.78 Å². The van der Waals surface area contributed by atoms with Crippen molar-refractivity contribution in [3.63, 3.8) is 0 Å². The monoisotopic (exact) mass is 378 g/mol. The number of aryl methyl sites for hydroxylation is 1. The highest BCUT2D eigenvalue weighted by Gasteiger charge is 2.32. The van der Waals surface area contributed by atoms with Gasteiger partial charge in [0.15, 0.2) is 5.82 Å². The summed E-state index contributed by atoms with van der Waals surface area (Å²) in [5.41, 5.74) is -1.34. The van der Waals surface area contributed by atoms with Gasteiger partial charge < -0.3 is 15.0 Å². The van der Waals surface area contributed by atoms with Crippen molar-refractivity contribution in [1.82, 2.24) is 9.88 Å². The molecule has 7 heteroatoms. The third-order valence-corrected chi connectivity index (χ3v) is 5.49. The molecule has 1 aromatic heterocycles. The molecule has 0 radical (unpaired) electrons. The van der Waals surface area contributed by atoms with E-state index in [1.165, 1.54) is 4.57 Å². The average Bonchev–Trinajstić information content (AvgIpc) is 3.09. The summed E-state index contributed by atoms with van der Waals surface area (Å²) in [5.74, 6) is -2.78. The number of hydrogen-bond donors (Lipinski definition) is 2. The van der Waals surface area contributed by atoms with Crippen LogP contribution < -0.4 is 10.7 Å². The topological polar surface area (TPSA) is 71.3 Å². The minimum Gasteiger partial charge on any atom is -0.477 e. The molecule has 27 heavy (non-hydrogen) atoms. The average molecular weight is 378 g/mol. The zero-order chi connectivity index (χ0) is 19.7. The lowest BCUT2D eigenvalue weighted by atomic mass is 9.93. The molecule has 0 amide bonds. The summed E-state index contributed by atoms with van der Waals surface area (Å²) in [5, 5.41) is 12.3. The van der Waals surface area contributed by atoms with Gasteiger partial charge in [0.05, 0.1) is 10.9 Å². The lowest BCUT2D eigenvalue weighted by molar-refractivity contribution is 0.0695. The van der Waals surface area contributed by atoms with Gasteiger partial charge in [-0.25, -0.2) is 13.6 Å². The Morgan fingerprint density at radius 2 is 2.07 bits per heavy atom. The van der Waals surface area contributed by atoms with Gasteiger partial charge in [0, 0.05) is 18.3 Å². The van der Waals surface area contributed by atoms with Crippen molar-refractivity contribution in [2.45, 2.75) is 45.6 Å². The smallest absolute Gasteiger partial charge is 0.341 e. The third kappa shape index (κ3) is 3.48. The van der Waals surface area contributed by atoms with Crippen LogP contribution in [0, 0.1) is 17.6 Å². The summed E-state index contributed by atoms with van der Waals surface area (Å²) < 4.78 is 31.5. The number of nitrogens with zero attached hydrogens (tertiary/aromatic N) is 1. The van der Waals surface area contributed by atoms with E-state index in [4.69, 9.17) is 0 Å². The largest absolute Gasteiger partial charge is 0.477 e. The zero-order valence-corrected chi connectivity index (χ0v) is 15.5. The number of benzene rings is 1. The van der Waals surface area contributed by atoms with Crippen LogP contribution in [0.15, 0.2) is 17.1 Å². The molecule has 3 rings (SSSR count). The molecule has 1 heterocycles. The Bertz CT molecular complexity index is 939.